The zero-order chi connectivity index (χ0) is 23.7. The molecule has 0 aliphatic rings. The Labute approximate surface area is 176 Å². The van der Waals surface area contributed by atoms with Crippen molar-refractivity contribution >= 4 is 28.7 Å². The van der Waals surface area contributed by atoms with Crippen LogP contribution in [0.2, 0.25) is 0 Å². The van der Waals surface area contributed by atoms with E-state index in [0.717, 1.165) is 6.07 Å². The predicted molar refractivity (Wildman–Crippen MR) is 109 cm³/mol. The molecule has 12 heteroatoms. The van der Waals surface area contributed by atoms with Gasteiger partial charge in [-0.15, -0.1) is 4.72 Å². The highest BCUT2D eigenvalue weighted by molar-refractivity contribution is 7.90. The minimum Gasteiger partial charge on any atom is -0.598 e. The number of nitrogens with zero attached hydrogens (tertiary/aromatic N) is 2. The quantitative estimate of drug-likeness (QED) is 0.288. The summed E-state index contributed by atoms with van der Waals surface area (Å²) in [4.78, 5) is 33.0. The van der Waals surface area contributed by atoms with Gasteiger partial charge in [-0.25, -0.2) is 0 Å². The highest BCUT2D eigenvalue weighted by atomic mass is 32.2. The molecule has 0 amide bonds. The van der Waals surface area contributed by atoms with Gasteiger partial charge in [-0.05, 0) is 48.5 Å². The van der Waals surface area contributed by atoms with Crippen LogP contribution < -0.4 is 4.72 Å². The monoisotopic (exact) mass is 447 g/mol. The van der Waals surface area contributed by atoms with Crippen LogP contribution in [0.25, 0.3) is 0 Å². The van der Waals surface area contributed by atoms with E-state index in [4.69, 9.17) is 4.74 Å². The lowest BCUT2D eigenvalue weighted by Gasteiger charge is -2.35. The molecule has 0 saturated carbocycles. The summed E-state index contributed by atoms with van der Waals surface area (Å²) < 4.78 is 34.8. The van der Waals surface area contributed by atoms with Gasteiger partial charge in [-0.2, -0.15) is 4.39 Å². The molecule has 0 saturated heterocycles. The number of non-ortho nitro benzene ring substituents is 1. The molecular weight excluding hydrogens is 421 g/mol. The maximum absolute atomic E-state index is 15.0. The second-order valence-electron chi connectivity index (χ2n) is 8.92. The van der Waals surface area contributed by atoms with Crippen molar-refractivity contribution in [3.8, 4) is 0 Å². The van der Waals surface area contributed by atoms with Crippen LogP contribution in [0.5, 0.6) is 0 Å². The number of rotatable bonds is 7. The first-order valence-electron chi connectivity index (χ1n) is 8.92. The van der Waals surface area contributed by atoms with Crippen LogP contribution in [0, 0.1) is 26.0 Å². The van der Waals surface area contributed by atoms with Crippen molar-refractivity contribution < 1.29 is 28.3 Å². The van der Waals surface area contributed by atoms with Gasteiger partial charge in [0, 0.05) is 23.0 Å². The molecule has 0 fully saturated rings. The first kappa shape index (κ1) is 25.7. The largest absolute Gasteiger partial charge is 0.598 e. The molecule has 0 unspecified atom stereocenters. The van der Waals surface area contributed by atoms with Crippen LogP contribution >= 0.6 is 0 Å². The van der Waals surface area contributed by atoms with Crippen LogP contribution in [0.4, 0.5) is 15.8 Å². The van der Waals surface area contributed by atoms with Crippen LogP contribution in [-0.2, 0) is 26.4 Å². The molecule has 0 heterocycles. The van der Waals surface area contributed by atoms with Crippen LogP contribution in [0.1, 0.15) is 60.5 Å². The van der Waals surface area contributed by atoms with Gasteiger partial charge in [-0.1, -0.05) is 0 Å². The molecule has 0 aliphatic carbocycles. The first-order chi connectivity index (χ1) is 13.4. The average molecular weight is 447 g/mol. The summed E-state index contributed by atoms with van der Waals surface area (Å²) >= 11 is -1.85. The summed E-state index contributed by atoms with van der Waals surface area (Å²) in [6.07, 6.45) is -0.582. The van der Waals surface area contributed by atoms with E-state index in [0.29, 0.717) is 6.07 Å². The molecule has 0 spiro atoms. The zero-order valence-corrected chi connectivity index (χ0v) is 18.7. The summed E-state index contributed by atoms with van der Waals surface area (Å²) in [5.41, 5.74) is -5.09. The molecule has 0 aliphatic heterocycles. The van der Waals surface area contributed by atoms with E-state index in [1.165, 1.54) is 6.92 Å². The third kappa shape index (κ3) is 6.61. The van der Waals surface area contributed by atoms with Gasteiger partial charge in [-0.3, -0.25) is 25.0 Å². The average Bonchev–Trinajstić information content (AvgIpc) is 2.51. The lowest BCUT2D eigenvalue weighted by atomic mass is 9.88. The molecular formula is C18H26FN3O7S. The maximum atomic E-state index is 15.0. The van der Waals surface area contributed by atoms with Gasteiger partial charge >= 0.3 is 11.7 Å². The molecule has 0 bridgehead atoms. The van der Waals surface area contributed by atoms with Crippen molar-refractivity contribution in [3.05, 3.63) is 43.7 Å². The molecule has 1 N–H and O–H groups in total. The summed E-state index contributed by atoms with van der Waals surface area (Å²) in [5, 5.41) is 22.5. The topological polar surface area (TPSA) is 148 Å². The smallest absolute Gasteiger partial charge is 0.312 e. The van der Waals surface area contributed by atoms with Gasteiger partial charge in [0.1, 0.15) is 10.3 Å². The van der Waals surface area contributed by atoms with Gasteiger partial charge < -0.3 is 9.29 Å². The number of hydrogen-bond donors (Lipinski definition) is 1. The van der Waals surface area contributed by atoms with Gasteiger partial charge in [0.15, 0.2) is 0 Å². The lowest BCUT2D eigenvalue weighted by molar-refractivity contribution is -0.396. The number of ether oxygens (including phenoxy) is 1. The van der Waals surface area contributed by atoms with E-state index < -0.39 is 72.2 Å². The Bertz CT molecular complexity index is 851. The predicted octanol–water partition coefficient (Wildman–Crippen LogP) is 3.64. The number of nitro groups is 2. The maximum Gasteiger partial charge on any atom is 0.312 e. The fraction of sp³-hybridized carbons (Fsp3) is 0.611. The summed E-state index contributed by atoms with van der Waals surface area (Å²) in [6, 6.07) is 1.28. The normalized spacial score (nSPS) is 15.2. The standard InChI is InChI=1S/C18H26FN3O7S/c1-16(2,3)29-14(23)10-18(7,20-30(28)17(4,5)6)12-8-11(21(24)25)9-13(15(12)19)22(26)27/h8-9,20H,10H2,1-7H3/t18-,30+/m0/s1. The lowest BCUT2D eigenvalue weighted by Crippen LogP contribution is -2.51. The number of benzene rings is 1. The minimum absolute atomic E-state index is 0.494. The fourth-order valence-electron chi connectivity index (χ4n) is 2.44. The van der Waals surface area contributed by atoms with Crippen LogP contribution in [-0.4, -0.2) is 30.7 Å². The zero-order valence-electron chi connectivity index (χ0n) is 17.9. The minimum atomic E-state index is -1.85. The Balaban J connectivity index is 3.66. The highest BCUT2D eigenvalue weighted by Gasteiger charge is 2.44. The summed E-state index contributed by atoms with van der Waals surface area (Å²) in [6.45, 7) is 11.0. The molecule has 0 aromatic heterocycles. The first-order valence-corrected chi connectivity index (χ1v) is 10.1. The number of nitro benzene ring substituents is 2. The molecule has 30 heavy (non-hydrogen) atoms. The molecule has 1 rings (SSSR count). The van der Waals surface area contributed by atoms with Crippen LogP contribution in [0.3, 0.4) is 0 Å². The molecule has 10 nitrogen and oxygen atoms in total. The van der Waals surface area contributed by atoms with E-state index in [1.807, 2.05) is 0 Å². The van der Waals surface area contributed by atoms with Gasteiger partial charge in [0.2, 0.25) is 5.82 Å². The van der Waals surface area contributed by atoms with E-state index >= 15 is 4.39 Å². The summed E-state index contributed by atoms with van der Waals surface area (Å²) in [7, 11) is 0. The third-order valence-electron chi connectivity index (χ3n) is 3.83. The van der Waals surface area contributed by atoms with Crippen molar-refractivity contribution in [3.63, 3.8) is 0 Å². The summed E-state index contributed by atoms with van der Waals surface area (Å²) in [5.74, 6) is -2.17. The number of nitrogens with one attached hydrogen (secondary N) is 1. The van der Waals surface area contributed by atoms with E-state index in [2.05, 4.69) is 4.72 Å². The second-order valence-corrected chi connectivity index (χ2v) is 10.9. The highest BCUT2D eigenvalue weighted by Crippen LogP contribution is 2.37. The Morgan fingerprint density at radius 1 is 1.10 bits per heavy atom. The molecule has 2 atom stereocenters. The Hall–Kier alpha value is -2.31. The van der Waals surface area contributed by atoms with Crippen molar-refractivity contribution in [1.29, 1.82) is 0 Å². The number of carbonyl (C=O) groups excluding carboxylic acids is 1. The van der Waals surface area contributed by atoms with E-state index in [9.17, 15) is 29.6 Å². The molecule has 1 aromatic carbocycles. The van der Waals surface area contributed by atoms with Crippen molar-refractivity contribution in [2.75, 3.05) is 0 Å². The Morgan fingerprint density at radius 3 is 2.03 bits per heavy atom. The van der Waals surface area contributed by atoms with E-state index in [1.54, 1.807) is 41.5 Å². The number of halogens is 1. The van der Waals surface area contributed by atoms with Crippen molar-refractivity contribution in [2.45, 2.75) is 70.8 Å². The fourth-order valence-corrected chi connectivity index (χ4v) is 3.34. The number of esters is 1. The third-order valence-corrected chi connectivity index (χ3v) is 5.58. The van der Waals surface area contributed by atoms with Crippen LogP contribution in [0.15, 0.2) is 12.1 Å². The number of carbonyl (C=O) groups is 1. The van der Waals surface area contributed by atoms with Crippen molar-refractivity contribution in [2.24, 2.45) is 0 Å². The van der Waals surface area contributed by atoms with Crippen molar-refractivity contribution in [1.82, 2.24) is 4.72 Å². The van der Waals surface area contributed by atoms with E-state index in [-0.39, 0.29) is 0 Å². The van der Waals surface area contributed by atoms with Gasteiger partial charge in [0.05, 0.1) is 27.9 Å². The second kappa shape index (κ2) is 8.82. The molecule has 168 valence electrons. The van der Waals surface area contributed by atoms with Gasteiger partial charge in [0.25, 0.3) is 5.69 Å². The SMILES string of the molecule is CC(C)(C)OC(=O)C[C@](C)(N[S@+]([O-])C(C)(C)C)c1cc([N+](=O)[O-])cc([N+](=O)[O-])c1F. The molecule has 1 aromatic rings. The number of hydrogen-bond acceptors (Lipinski definition) is 8. The Morgan fingerprint density at radius 2 is 1.63 bits per heavy atom. The molecule has 0 radical (unpaired) electrons. The Kier molecular flexibility index (Phi) is 7.56.